The van der Waals surface area contributed by atoms with Gasteiger partial charge in [0.1, 0.15) is 17.8 Å². The number of anilines is 4. The van der Waals surface area contributed by atoms with Gasteiger partial charge < -0.3 is 20.7 Å². The highest BCUT2D eigenvalue weighted by Crippen LogP contribution is 2.32. The molecule has 0 saturated carbocycles. The standard InChI is InChI=1S/C20H23N5O/c1-3-26-17-12-8-7-11-16(17)24-19-18(21)20(23-14-22-19)25(2)13-15-9-5-4-6-10-15/h4-12,14H,3,13,21H2,1-2H3,(H,22,23,24). The summed E-state index contributed by atoms with van der Waals surface area (Å²) in [5, 5.41) is 3.26. The summed E-state index contributed by atoms with van der Waals surface area (Å²) in [5.74, 6) is 1.99. The van der Waals surface area contributed by atoms with E-state index >= 15 is 0 Å². The average molecular weight is 349 g/mol. The van der Waals surface area contributed by atoms with E-state index in [4.69, 9.17) is 10.5 Å². The van der Waals surface area contributed by atoms with Gasteiger partial charge >= 0.3 is 0 Å². The largest absolute Gasteiger partial charge is 0.492 e. The fourth-order valence-electron chi connectivity index (χ4n) is 2.70. The molecule has 0 fully saturated rings. The molecule has 0 aliphatic rings. The second-order valence-corrected chi connectivity index (χ2v) is 5.86. The molecule has 3 rings (SSSR count). The lowest BCUT2D eigenvalue weighted by atomic mass is 10.2. The fraction of sp³-hybridized carbons (Fsp3) is 0.200. The average Bonchev–Trinajstić information content (AvgIpc) is 2.66. The maximum atomic E-state index is 6.34. The Bertz CT molecular complexity index is 854. The zero-order chi connectivity index (χ0) is 18.4. The highest BCUT2D eigenvalue weighted by atomic mass is 16.5. The van der Waals surface area contributed by atoms with Crippen LogP contribution in [0.1, 0.15) is 12.5 Å². The second kappa shape index (κ2) is 8.20. The van der Waals surface area contributed by atoms with Gasteiger partial charge in [-0.15, -0.1) is 0 Å². The molecular weight excluding hydrogens is 326 g/mol. The molecule has 134 valence electrons. The SMILES string of the molecule is CCOc1ccccc1Nc1ncnc(N(C)Cc2ccccc2)c1N. The summed E-state index contributed by atoms with van der Waals surface area (Å²) in [7, 11) is 1.96. The van der Waals surface area contributed by atoms with Crippen LogP contribution in [0.3, 0.4) is 0 Å². The van der Waals surface area contributed by atoms with Gasteiger partial charge in [-0.1, -0.05) is 42.5 Å². The number of rotatable bonds is 7. The van der Waals surface area contributed by atoms with E-state index in [0.29, 0.717) is 30.5 Å². The topological polar surface area (TPSA) is 76.3 Å². The van der Waals surface area contributed by atoms with Crippen molar-refractivity contribution >= 4 is 23.0 Å². The number of hydrogen-bond acceptors (Lipinski definition) is 6. The summed E-state index contributed by atoms with van der Waals surface area (Å²) in [6, 6.07) is 17.9. The van der Waals surface area contributed by atoms with E-state index in [2.05, 4.69) is 27.4 Å². The van der Waals surface area contributed by atoms with Gasteiger partial charge in [0, 0.05) is 13.6 Å². The summed E-state index contributed by atoms with van der Waals surface area (Å²) in [6.07, 6.45) is 1.51. The zero-order valence-electron chi connectivity index (χ0n) is 15.0. The molecule has 0 radical (unpaired) electrons. The van der Waals surface area contributed by atoms with Crippen molar-refractivity contribution in [3.05, 3.63) is 66.5 Å². The number of nitrogens with two attached hydrogens (primary N) is 1. The van der Waals surface area contributed by atoms with Crippen LogP contribution in [0, 0.1) is 0 Å². The molecule has 0 aliphatic heterocycles. The van der Waals surface area contributed by atoms with Crippen molar-refractivity contribution in [1.82, 2.24) is 9.97 Å². The molecule has 0 aliphatic carbocycles. The van der Waals surface area contributed by atoms with Crippen LogP contribution in [-0.2, 0) is 6.54 Å². The number of benzene rings is 2. The molecular formula is C20H23N5O. The van der Waals surface area contributed by atoms with Gasteiger partial charge in [-0.25, -0.2) is 9.97 Å². The van der Waals surface area contributed by atoms with Crippen molar-refractivity contribution in [2.75, 3.05) is 29.6 Å². The minimum absolute atomic E-state index is 0.497. The third kappa shape index (κ3) is 4.03. The normalized spacial score (nSPS) is 10.4. The Labute approximate surface area is 153 Å². The van der Waals surface area contributed by atoms with Crippen molar-refractivity contribution in [2.24, 2.45) is 0 Å². The van der Waals surface area contributed by atoms with Crippen LogP contribution in [0.5, 0.6) is 5.75 Å². The molecule has 3 aromatic rings. The number of ether oxygens (including phenoxy) is 1. The van der Waals surface area contributed by atoms with E-state index in [1.54, 1.807) is 0 Å². The lowest BCUT2D eigenvalue weighted by Crippen LogP contribution is -2.20. The summed E-state index contributed by atoms with van der Waals surface area (Å²) in [5.41, 5.74) is 8.84. The zero-order valence-corrected chi connectivity index (χ0v) is 15.0. The molecule has 6 nitrogen and oxygen atoms in total. The third-order valence-electron chi connectivity index (χ3n) is 3.93. The molecule has 0 unspecified atom stereocenters. The van der Waals surface area contributed by atoms with Crippen LogP contribution in [0.25, 0.3) is 0 Å². The smallest absolute Gasteiger partial charge is 0.159 e. The van der Waals surface area contributed by atoms with Crippen LogP contribution in [0.2, 0.25) is 0 Å². The van der Waals surface area contributed by atoms with E-state index in [9.17, 15) is 0 Å². The summed E-state index contributed by atoms with van der Waals surface area (Å²) in [4.78, 5) is 10.7. The lowest BCUT2D eigenvalue weighted by molar-refractivity contribution is 0.342. The third-order valence-corrected chi connectivity index (χ3v) is 3.93. The predicted molar refractivity (Wildman–Crippen MR) is 106 cm³/mol. The maximum Gasteiger partial charge on any atom is 0.159 e. The van der Waals surface area contributed by atoms with E-state index in [-0.39, 0.29) is 0 Å². The first-order chi connectivity index (χ1) is 12.7. The van der Waals surface area contributed by atoms with E-state index in [1.165, 1.54) is 11.9 Å². The van der Waals surface area contributed by atoms with Gasteiger partial charge in [-0.2, -0.15) is 0 Å². The van der Waals surface area contributed by atoms with Crippen molar-refractivity contribution in [3.8, 4) is 5.75 Å². The minimum atomic E-state index is 0.497. The molecule has 1 heterocycles. The van der Waals surface area contributed by atoms with Gasteiger partial charge in [0.25, 0.3) is 0 Å². The van der Waals surface area contributed by atoms with Gasteiger partial charge in [-0.05, 0) is 24.6 Å². The first kappa shape index (κ1) is 17.5. The van der Waals surface area contributed by atoms with Crippen LogP contribution in [0.4, 0.5) is 23.0 Å². The first-order valence-corrected chi connectivity index (χ1v) is 8.53. The van der Waals surface area contributed by atoms with Gasteiger partial charge in [0.05, 0.1) is 12.3 Å². The molecule has 6 heteroatoms. The molecule has 3 N–H and O–H groups in total. The summed E-state index contributed by atoms with van der Waals surface area (Å²) in [6.45, 7) is 3.24. The molecule has 2 aromatic carbocycles. The Morgan fingerprint density at radius 1 is 1.04 bits per heavy atom. The Hall–Kier alpha value is -3.28. The summed E-state index contributed by atoms with van der Waals surface area (Å²) >= 11 is 0. The number of nitrogens with one attached hydrogen (secondary N) is 1. The van der Waals surface area contributed by atoms with Crippen molar-refractivity contribution in [1.29, 1.82) is 0 Å². The number of hydrogen-bond donors (Lipinski definition) is 2. The Morgan fingerprint density at radius 2 is 1.77 bits per heavy atom. The van der Waals surface area contributed by atoms with E-state index in [0.717, 1.165) is 11.4 Å². The van der Waals surface area contributed by atoms with Crippen molar-refractivity contribution in [3.63, 3.8) is 0 Å². The fourth-order valence-corrected chi connectivity index (χ4v) is 2.70. The first-order valence-electron chi connectivity index (χ1n) is 8.53. The quantitative estimate of drug-likeness (QED) is 0.675. The molecule has 0 bridgehead atoms. The maximum absolute atomic E-state index is 6.34. The van der Waals surface area contributed by atoms with Crippen molar-refractivity contribution < 1.29 is 4.74 Å². The highest BCUT2D eigenvalue weighted by molar-refractivity contribution is 5.79. The number of aromatic nitrogens is 2. The Kier molecular flexibility index (Phi) is 5.53. The summed E-state index contributed by atoms with van der Waals surface area (Å²) < 4.78 is 5.65. The lowest BCUT2D eigenvalue weighted by Gasteiger charge is -2.21. The van der Waals surface area contributed by atoms with Crippen molar-refractivity contribution in [2.45, 2.75) is 13.5 Å². The molecule has 0 saturated heterocycles. The molecule has 0 amide bonds. The van der Waals surface area contributed by atoms with Gasteiger partial charge in [0.15, 0.2) is 11.6 Å². The molecule has 26 heavy (non-hydrogen) atoms. The number of para-hydroxylation sites is 2. The highest BCUT2D eigenvalue weighted by Gasteiger charge is 2.14. The molecule has 0 spiro atoms. The van der Waals surface area contributed by atoms with E-state index < -0.39 is 0 Å². The Morgan fingerprint density at radius 3 is 2.54 bits per heavy atom. The van der Waals surface area contributed by atoms with E-state index in [1.807, 2.05) is 61.3 Å². The van der Waals surface area contributed by atoms with Gasteiger partial charge in [0.2, 0.25) is 0 Å². The van der Waals surface area contributed by atoms with Crippen LogP contribution < -0.4 is 20.7 Å². The Balaban J connectivity index is 1.83. The van der Waals surface area contributed by atoms with Crippen LogP contribution in [0.15, 0.2) is 60.9 Å². The minimum Gasteiger partial charge on any atom is -0.492 e. The molecule has 1 aromatic heterocycles. The predicted octanol–water partition coefficient (Wildman–Crippen LogP) is 3.84. The number of nitrogen functional groups attached to an aromatic ring is 1. The number of nitrogens with zero attached hydrogens (tertiary/aromatic N) is 3. The second-order valence-electron chi connectivity index (χ2n) is 5.86. The molecule has 0 atom stereocenters. The monoisotopic (exact) mass is 349 g/mol. The van der Waals surface area contributed by atoms with Gasteiger partial charge in [-0.3, -0.25) is 0 Å². The van der Waals surface area contributed by atoms with Crippen LogP contribution in [-0.4, -0.2) is 23.6 Å². The van der Waals surface area contributed by atoms with Crippen LogP contribution >= 0.6 is 0 Å².